The molecule has 0 saturated carbocycles. The fraction of sp³-hybridized carbons (Fsp3) is 0.800. The van der Waals surface area contributed by atoms with E-state index in [4.69, 9.17) is 9.72 Å². The van der Waals surface area contributed by atoms with Crippen molar-refractivity contribution in [2.45, 2.75) is 45.1 Å². The molecule has 0 radical (unpaired) electrons. The third-order valence-corrected chi connectivity index (χ3v) is 4.57. The largest absolute Gasteiger partial charge is 0.381 e. The van der Waals surface area contributed by atoms with Gasteiger partial charge in [-0.25, -0.2) is 4.98 Å². The van der Waals surface area contributed by atoms with Crippen LogP contribution in [0.1, 0.15) is 43.1 Å². The molecule has 0 atom stereocenters. The van der Waals surface area contributed by atoms with E-state index in [-0.39, 0.29) is 0 Å². The molecule has 106 valence electrons. The first-order valence-electron chi connectivity index (χ1n) is 7.65. The molecular weight excluding hydrogens is 238 g/mol. The molecule has 1 N–H and O–H groups in total. The minimum Gasteiger partial charge on any atom is -0.381 e. The molecule has 2 saturated heterocycles. The average molecular weight is 263 g/mol. The predicted molar refractivity (Wildman–Crippen MR) is 75.4 cm³/mol. The van der Waals surface area contributed by atoms with Crippen molar-refractivity contribution in [3.8, 4) is 0 Å². The van der Waals surface area contributed by atoms with Crippen molar-refractivity contribution in [3.63, 3.8) is 0 Å². The molecule has 3 rings (SSSR count). The lowest BCUT2D eigenvalue weighted by Crippen LogP contribution is -2.30. The first-order chi connectivity index (χ1) is 9.34. The summed E-state index contributed by atoms with van der Waals surface area (Å²) >= 11 is 0. The molecule has 2 fully saturated rings. The van der Waals surface area contributed by atoms with Crippen LogP contribution in [-0.4, -0.2) is 35.9 Å². The highest BCUT2D eigenvalue weighted by atomic mass is 16.5. The summed E-state index contributed by atoms with van der Waals surface area (Å²) in [6.45, 7) is 7.47. The van der Waals surface area contributed by atoms with Gasteiger partial charge >= 0.3 is 0 Å². The highest BCUT2D eigenvalue weighted by molar-refractivity contribution is 5.09. The van der Waals surface area contributed by atoms with Crippen LogP contribution in [0.25, 0.3) is 0 Å². The normalized spacial score (nSPS) is 22.8. The number of aromatic nitrogens is 2. The highest BCUT2D eigenvalue weighted by Crippen LogP contribution is 2.28. The Morgan fingerprint density at radius 3 is 2.74 bits per heavy atom. The van der Waals surface area contributed by atoms with Crippen LogP contribution in [0.15, 0.2) is 6.20 Å². The first kappa shape index (κ1) is 13.1. The third-order valence-electron chi connectivity index (χ3n) is 4.57. The van der Waals surface area contributed by atoms with Crippen molar-refractivity contribution in [2.75, 3.05) is 26.3 Å². The van der Waals surface area contributed by atoms with Gasteiger partial charge in [0.15, 0.2) is 0 Å². The minimum atomic E-state index is 0.601. The summed E-state index contributed by atoms with van der Waals surface area (Å²) in [6.07, 6.45) is 6.90. The van der Waals surface area contributed by atoms with Gasteiger partial charge in [0.05, 0.1) is 0 Å². The molecule has 0 aromatic carbocycles. The van der Waals surface area contributed by atoms with E-state index in [2.05, 4.69) is 16.8 Å². The van der Waals surface area contributed by atoms with Gasteiger partial charge < -0.3 is 14.6 Å². The number of aryl methyl sites for hydroxylation is 1. The molecule has 4 nitrogen and oxygen atoms in total. The van der Waals surface area contributed by atoms with E-state index in [1.165, 1.54) is 37.4 Å². The second-order valence-electron chi connectivity index (χ2n) is 5.95. The molecule has 0 amide bonds. The van der Waals surface area contributed by atoms with Crippen LogP contribution >= 0.6 is 0 Å². The molecule has 0 bridgehead atoms. The van der Waals surface area contributed by atoms with Crippen molar-refractivity contribution in [1.82, 2.24) is 14.9 Å². The lowest BCUT2D eigenvalue weighted by molar-refractivity contribution is 0.0825. The monoisotopic (exact) mass is 263 g/mol. The molecule has 1 aromatic heterocycles. The maximum atomic E-state index is 5.47. The number of hydrogen-bond acceptors (Lipinski definition) is 3. The van der Waals surface area contributed by atoms with Crippen LogP contribution in [0.4, 0.5) is 0 Å². The number of imidazole rings is 1. The molecular formula is C15H25N3O. The van der Waals surface area contributed by atoms with E-state index < -0.39 is 0 Å². The Morgan fingerprint density at radius 2 is 2.00 bits per heavy atom. The smallest absolute Gasteiger partial charge is 0.112 e. The Morgan fingerprint density at radius 1 is 1.26 bits per heavy atom. The summed E-state index contributed by atoms with van der Waals surface area (Å²) in [7, 11) is 0. The van der Waals surface area contributed by atoms with Gasteiger partial charge in [-0.15, -0.1) is 0 Å². The number of piperidine rings is 1. The van der Waals surface area contributed by atoms with E-state index in [1.54, 1.807) is 0 Å². The van der Waals surface area contributed by atoms with Crippen LogP contribution in [0, 0.1) is 12.8 Å². The minimum absolute atomic E-state index is 0.601. The van der Waals surface area contributed by atoms with Gasteiger partial charge in [0.2, 0.25) is 0 Å². The summed E-state index contributed by atoms with van der Waals surface area (Å²) in [5.74, 6) is 2.72. The Bertz CT molecular complexity index is 404. The van der Waals surface area contributed by atoms with E-state index in [0.29, 0.717) is 5.92 Å². The zero-order chi connectivity index (χ0) is 13.1. The fourth-order valence-corrected chi connectivity index (χ4v) is 3.32. The van der Waals surface area contributed by atoms with Crippen LogP contribution < -0.4 is 5.32 Å². The number of hydrogen-bond donors (Lipinski definition) is 1. The SMILES string of the molecule is Cc1cnc(C2CCOCC2)n1CC1CCNCC1. The quantitative estimate of drug-likeness (QED) is 0.907. The summed E-state index contributed by atoms with van der Waals surface area (Å²) < 4.78 is 7.95. The van der Waals surface area contributed by atoms with Crippen molar-refractivity contribution < 1.29 is 4.74 Å². The number of nitrogens with zero attached hydrogens (tertiary/aromatic N) is 2. The molecule has 0 spiro atoms. The Kier molecular flexibility index (Phi) is 4.18. The topological polar surface area (TPSA) is 39.1 Å². The van der Waals surface area contributed by atoms with Crippen molar-refractivity contribution in [3.05, 3.63) is 17.7 Å². The first-order valence-corrected chi connectivity index (χ1v) is 7.65. The van der Waals surface area contributed by atoms with Crippen molar-refractivity contribution >= 4 is 0 Å². The Labute approximate surface area is 115 Å². The Balaban J connectivity index is 1.73. The second kappa shape index (κ2) is 6.06. The molecule has 2 aliphatic heterocycles. The maximum absolute atomic E-state index is 5.47. The van der Waals surface area contributed by atoms with Crippen LogP contribution in [0.2, 0.25) is 0 Å². The molecule has 1 aromatic rings. The lowest BCUT2D eigenvalue weighted by Gasteiger charge is -2.27. The van der Waals surface area contributed by atoms with E-state index >= 15 is 0 Å². The molecule has 19 heavy (non-hydrogen) atoms. The van der Waals surface area contributed by atoms with E-state index in [9.17, 15) is 0 Å². The molecule has 4 heteroatoms. The zero-order valence-electron chi connectivity index (χ0n) is 11.9. The van der Waals surface area contributed by atoms with Crippen LogP contribution in [0.5, 0.6) is 0 Å². The average Bonchev–Trinajstić information content (AvgIpc) is 2.82. The fourth-order valence-electron chi connectivity index (χ4n) is 3.32. The molecule has 0 unspecified atom stereocenters. The Hall–Kier alpha value is -0.870. The van der Waals surface area contributed by atoms with Crippen LogP contribution in [0.3, 0.4) is 0 Å². The van der Waals surface area contributed by atoms with Gasteiger partial charge in [0, 0.05) is 37.6 Å². The number of rotatable bonds is 3. The standard InChI is InChI=1S/C15H25N3O/c1-12-10-17-15(14-4-8-19-9-5-14)18(12)11-13-2-6-16-7-3-13/h10,13-14,16H,2-9,11H2,1H3. The predicted octanol–water partition coefficient (Wildman–Crippen LogP) is 2.09. The summed E-state index contributed by atoms with van der Waals surface area (Å²) in [6, 6.07) is 0. The lowest BCUT2D eigenvalue weighted by atomic mass is 9.96. The third kappa shape index (κ3) is 3.00. The zero-order valence-corrected chi connectivity index (χ0v) is 11.9. The van der Waals surface area contributed by atoms with E-state index in [1.807, 2.05) is 6.20 Å². The van der Waals surface area contributed by atoms with Gasteiger partial charge in [-0.2, -0.15) is 0 Å². The van der Waals surface area contributed by atoms with Gasteiger partial charge in [0.25, 0.3) is 0 Å². The van der Waals surface area contributed by atoms with E-state index in [0.717, 1.165) is 38.5 Å². The van der Waals surface area contributed by atoms with Gasteiger partial charge in [0.1, 0.15) is 5.82 Å². The molecule has 2 aliphatic rings. The van der Waals surface area contributed by atoms with Crippen molar-refractivity contribution in [2.24, 2.45) is 5.92 Å². The van der Waals surface area contributed by atoms with Gasteiger partial charge in [-0.3, -0.25) is 0 Å². The summed E-state index contributed by atoms with van der Waals surface area (Å²) in [5, 5.41) is 3.45. The molecule has 0 aliphatic carbocycles. The summed E-state index contributed by atoms with van der Waals surface area (Å²) in [4.78, 5) is 4.70. The maximum Gasteiger partial charge on any atom is 0.112 e. The van der Waals surface area contributed by atoms with Gasteiger partial charge in [-0.1, -0.05) is 0 Å². The highest BCUT2D eigenvalue weighted by Gasteiger charge is 2.23. The number of ether oxygens (including phenoxy) is 1. The number of nitrogens with one attached hydrogen (secondary N) is 1. The summed E-state index contributed by atoms with van der Waals surface area (Å²) in [5.41, 5.74) is 1.32. The van der Waals surface area contributed by atoms with Crippen LogP contribution in [-0.2, 0) is 11.3 Å². The van der Waals surface area contributed by atoms with Gasteiger partial charge in [-0.05, 0) is 51.6 Å². The second-order valence-corrected chi connectivity index (χ2v) is 5.95. The molecule has 3 heterocycles. The van der Waals surface area contributed by atoms with Crippen molar-refractivity contribution in [1.29, 1.82) is 0 Å².